The number of nitrogens with one attached hydrogen (secondary N) is 2. The topological polar surface area (TPSA) is 112 Å². The Kier molecular flexibility index (Phi) is 8.57. The second-order valence-electron chi connectivity index (χ2n) is 12.7. The zero-order chi connectivity index (χ0) is 33.7. The number of anilines is 2. The normalized spacial score (nSPS) is 16.3. The molecule has 2 aromatic carbocycles. The summed E-state index contributed by atoms with van der Waals surface area (Å²) in [5.74, 6) is 1.02. The maximum Gasteiger partial charge on any atom is 0.330 e. The molecule has 48 heavy (non-hydrogen) atoms. The highest BCUT2D eigenvalue weighted by atomic mass is 35.5. The number of halogens is 1. The molecule has 0 saturated carbocycles. The molecule has 3 aromatic heterocycles. The average molecular weight is 667 g/mol. The van der Waals surface area contributed by atoms with Crippen molar-refractivity contribution in [1.82, 2.24) is 24.4 Å². The molecule has 1 fully saturated rings. The molecule has 0 radical (unpaired) electrons. The fraction of sp³-hybridized carbons (Fsp3) is 0.351. The van der Waals surface area contributed by atoms with E-state index in [0.29, 0.717) is 39.4 Å². The van der Waals surface area contributed by atoms with E-state index in [-0.39, 0.29) is 6.04 Å². The molecular weight excluding hydrogens is 628 g/mol. The number of rotatable bonds is 7. The molecule has 0 bridgehead atoms. The molecular formula is C37H39ClN6O4. The van der Waals surface area contributed by atoms with Crippen LogP contribution in [0, 0.1) is 13.8 Å². The minimum Gasteiger partial charge on any atom is -0.481 e. The van der Waals surface area contributed by atoms with Crippen LogP contribution in [0.15, 0.2) is 58.1 Å². The Hall–Kier alpha value is -4.51. The van der Waals surface area contributed by atoms with Crippen LogP contribution in [0.4, 0.5) is 11.5 Å². The fourth-order valence-electron chi connectivity index (χ4n) is 7.15. The minimum atomic E-state index is -0.407. The first kappa shape index (κ1) is 32.1. The lowest BCUT2D eigenvalue weighted by Crippen LogP contribution is -2.37. The molecule has 0 spiro atoms. The lowest BCUT2D eigenvalue weighted by Gasteiger charge is -2.27. The van der Waals surface area contributed by atoms with E-state index >= 15 is 0 Å². The Bertz CT molecular complexity index is 2190. The number of pyridine rings is 2. The van der Waals surface area contributed by atoms with E-state index < -0.39 is 11.2 Å². The number of benzene rings is 2. The predicted molar refractivity (Wildman–Crippen MR) is 190 cm³/mol. The molecule has 0 amide bonds. The third-order valence-electron chi connectivity index (χ3n) is 9.74. The Morgan fingerprint density at radius 2 is 1.67 bits per heavy atom. The molecule has 1 atom stereocenters. The molecule has 1 aliphatic carbocycles. The smallest absolute Gasteiger partial charge is 0.330 e. The summed E-state index contributed by atoms with van der Waals surface area (Å²) in [6.45, 7) is 5.43. The summed E-state index contributed by atoms with van der Waals surface area (Å²) in [5.41, 5.74) is 7.85. The van der Waals surface area contributed by atoms with Gasteiger partial charge in [0.05, 0.1) is 23.3 Å². The lowest BCUT2D eigenvalue weighted by atomic mass is 9.96. The van der Waals surface area contributed by atoms with E-state index in [2.05, 4.69) is 21.7 Å². The summed E-state index contributed by atoms with van der Waals surface area (Å²) >= 11 is 7.22. The summed E-state index contributed by atoms with van der Waals surface area (Å²) in [6, 6.07) is 16.4. The molecule has 7 rings (SSSR count). The highest BCUT2D eigenvalue weighted by Gasteiger charge is 2.31. The van der Waals surface area contributed by atoms with Crippen LogP contribution in [0.2, 0.25) is 5.02 Å². The Balaban J connectivity index is 1.25. The van der Waals surface area contributed by atoms with Crippen LogP contribution in [0.3, 0.4) is 0 Å². The number of aromatic nitrogens is 4. The van der Waals surface area contributed by atoms with Gasteiger partial charge in [0.2, 0.25) is 5.88 Å². The van der Waals surface area contributed by atoms with Gasteiger partial charge in [-0.15, -0.1) is 0 Å². The second-order valence-corrected chi connectivity index (χ2v) is 13.1. The van der Waals surface area contributed by atoms with Gasteiger partial charge in [0, 0.05) is 67.5 Å². The SMILES string of the molecule is COc1nc(-c2cccc(-c3cccc(Nc4nc(C)cc5c4c(=O)n(C)c(=O)n5C)c3C)c2Cl)cc2c1C(NC1CCOCC1)CC2. The second kappa shape index (κ2) is 12.8. The summed E-state index contributed by atoms with van der Waals surface area (Å²) in [5, 5.41) is 8.16. The van der Waals surface area contributed by atoms with Crippen LogP contribution in [-0.4, -0.2) is 45.5 Å². The lowest BCUT2D eigenvalue weighted by molar-refractivity contribution is 0.0748. The highest BCUT2D eigenvalue weighted by Crippen LogP contribution is 2.43. The molecule has 1 aliphatic heterocycles. The number of hydrogen-bond acceptors (Lipinski definition) is 8. The van der Waals surface area contributed by atoms with Gasteiger partial charge in [-0.1, -0.05) is 41.9 Å². The number of hydrogen-bond donors (Lipinski definition) is 2. The Labute approximate surface area is 283 Å². The minimum absolute atomic E-state index is 0.198. The number of fused-ring (bicyclic) bond motifs is 2. The van der Waals surface area contributed by atoms with E-state index in [9.17, 15) is 9.59 Å². The number of aryl methyl sites for hydroxylation is 3. The van der Waals surface area contributed by atoms with Crippen LogP contribution in [0.1, 0.15) is 47.7 Å². The van der Waals surface area contributed by atoms with Crippen molar-refractivity contribution in [2.45, 2.75) is 51.6 Å². The van der Waals surface area contributed by atoms with Gasteiger partial charge in [-0.25, -0.2) is 14.8 Å². The van der Waals surface area contributed by atoms with Crippen molar-refractivity contribution in [3.63, 3.8) is 0 Å². The summed E-state index contributed by atoms with van der Waals surface area (Å²) < 4.78 is 14.0. The molecule has 5 aromatic rings. The van der Waals surface area contributed by atoms with Gasteiger partial charge in [-0.3, -0.25) is 13.9 Å². The van der Waals surface area contributed by atoms with Crippen LogP contribution < -0.4 is 26.6 Å². The van der Waals surface area contributed by atoms with Gasteiger partial charge in [-0.2, -0.15) is 0 Å². The largest absolute Gasteiger partial charge is 0.481 e. The highest BCUT2D eigenvalue weighted by molar-refractivity contribution is 6.36. The van der Waals surface area contributed by atoms with E-state index in [1.165, 1.54) is 17.2 Å². The first-order valence-corrected chi connectivity index (χ1v) is 16.7. The van der Waals surface area contributed by atoms with Crippen molar-refractivity contribution < 1.29 is 9.47 Å². The summed E-state index contributed by atoms with van der Waals surface area (Å²) in [7, 11) is 4.81. The van der Waals surface area contributed by atoms with Gasteiger partial charge in [0.1, 0.15) is 11.2 Å². The van der Waals surface area contributed by atoms with Crippen molar-refractivity contribution in [2.24, 2.45) is 14.1 Å². The van der Waals surface area contributed by atoms with E-state index in [1.54, 1.807) is 20.2 Å². The molecule has 1 unspecified atom stereocenters. The molecule has 11 heteroatoms. The van der Waals surface area contributed by atoms with Gasteiger partial charge < -0.3 is 20.1 Å². The maximum absolute atomic E-state index is 13.3. The van der Waals surface area contributed by atoms with Gasteiger partial charge >= 0.3 is 5.69 Å². The molecule has 10 nitrogen and oxygen atoms in total. The number of methoxy groups -OCH3 is 1. The zero-order valence-corrected chi connectivity index (χ0v) is 28.6. The summed E-state index contributed by atoms with van der Waals surface area (Å²) in [6.07, 6.45) is 3.95. The van der Waals surface area contributed by atoms with Crippen LogP contribution >= 0.6 is 11.6 Å². The third kappa shape index (κ3) is 5.57. The van der Waals surface area contributed by atoms with Crippen LogP contribution in [-0.2, 0) is 25.3 Å². The molecule has 4 heterocycles. The summed E-state index contributed by atoms with van der Waals surface area (Å²) in [4.78, 5) is 35.6. The van der Waals surface area contributed by atoms with Crippen LogP contribution in [0.25, 0.3) is 33.3 Å². The number of nitrogens with zero attached hydrogens (tertiary/aromatic N) is 4. The van der Waals surface area contributed by atoms with Crippen molar-refractivity contribution in [2.75, 3.05) is 25.6 Å². The average Bonchev–Trinajstić information content (AvgIpc) is 3.49. The van der Waals surface area contributed by atoms with E-state index in [4.69, 9.17) is 26.1 Å². The Morgan fingerprint density at radius 3 is 2.44 bits per heavy atom. The first-order valence-electron chi connectivity index (χ1n) is 16.3. The molecule has 248 valence electrons. The van der Waals surface area contributed by atoms with Crippen molar-refractivity contribution >= 4 is 34.0 Å². The van der Waals surface area contributed by atoms with Crippen molar-refractivity contribution in [3.8, 4) is 28.3 Å². The first-order chi connectivity index (χ1) is 23.2. The van der Waals surface area contributed by atoms with Crippen molar-refractivity contribution in [1.29, 1.82) is 0 Å². The zero-order valence-electron chi connectivity index (χ0n) is 27.8. The standard InChI is InChI=1S/C37H39ClN6O4/c1-20-18-30-32(36(45)44(4)37(46)43(30)3)34(39-20)41-27-11-7-8-24(21(27)2)25-9-6-10-26(33(25)38)29-19-22-12-13-28(31(22)35(42-29)47-5)40-23-14-16-48-17-15-23/h6-11,18-19,23,28,40H,12-17H2,1-5H3,(H,39,41). The molecule has 1 saturated heterocycles. The van der Waals surface area contributed by atoms with Gasteiger partial charge in [0.25, 0.3) is 5.56 Å². The van der Waals surface area contributed by atoms with E-state index in [1.807, 2.05) is 50.2 Å². The quantitative estimate of drug-likeness (QED) is 0.213. The predicted octanol–water partition coefficient (Wildman–Crippen LogP) is 6.14. The fourth-order valence-corrected chi connectivity index (χ4v) is 7.47. The molecule has 2 N–H and O–H groups in total. The van der Waals surface area contributed by atoms with Crippen molar-refractivity contribution in [3.05, 3.63) is 96.8 Å². The monoisotopic (exact) mass is 666 g/mol. The maximum atomic E-state index is 13.3. The van der Waals surface area contributed by atoms with Gasteiger partial charge in [0.15, 0.2) is 0 Å². The Morgan fingerprint density at radius 1 is 0.938 bits per heavy atom. The van der Waals surface area contributed by atoms with E-state index in [0.717, 1.165) is 82.7 Å². The third-order valence-corrected chi connectivity index (χ3v) is 10.2. The van der Waals surface area contributed by atoms with Gasteiger partial charge in [-0.05, 0) is 74.4 Å². The number of ether oxygens (including phenoxy) is 2. The van der Waals surface area contributed by atoms with Crippen LogP contribution in [0.5, 0.6) is 5.88 Å². The molecule has 2 aliphatic rings.